The summed E-state index contributed by atoms with van der Waals surface area (Å²) in [4.78, 5) is 34.2. The number of benzene rings is 1. The Bertz CT molecular complexity index is 1910. The molecule has 0 aliphatic carbocycles. The number of aromatic hydroxyl groups is 1. The summed E-state index contributed by atoms with van der Waals surface area (Å²) >= 11 is 6.53. The highest BCUT2D eigenvalue weighted by atomic mass is 35.5. The van der Waals surface area contributed by atoms with Crippen molar-refractivity contribution >= 4 is 39.9 Å². The van der Waals surface area contributed by atoms with Crippen LogP contribution in [0.4, 0.5) is 23.2 Å². The van der Waals surface area contributed by atoms with Crippen LogP contribution in [-0.4, -0.2) is 57.7 Å². The largest absolute Gasteiger partial charge is 0.504 e. The van der Waals surface area contributed by atoms with Gasteiger partial charge in [-0.1, -0.05) is 32.0 Å². The quantitative estimate of drug-likeness (QED) is 0.173. The molecule has 9 nitrogen and oxygen atoms in total. The minimum absolute atomic E-state index is 0.101. The first-order valence-corrected chi connectivity index (χ1v) is 14.3. The molecule has 0 spiro atoms. The zero-order valence-corrected chi connectivity index (χ0v) is 25.1. The number of piperazine rings is 1. The van der Waals surface area contributed by atoms with E-state index in [-0.39, 0.29) is 60.3 Å². The van der Waals surface area contributed by atoms with Crippen LogP contribution in [0.5, 0.6) is 5.75 Å². The summed E-state index contributed by atoms with van der Waals surface area (Å²) in [6.45, 7) is 9.92. The number of nitrogens with one attached hydrogen (secondary N) is 1. The fourth-order valence-corrected chi connectivity index (χ4v) is 5.97. The van der Waals surface area contributed by atoms with E-state index in [0.29, 0.717) is 11.3 Å². The summed E-state index contributed by atoms with van der Waals surface area (Å²) < 4.78 is 59.1. The van der Waals surface area contributed by atoms with E-state index in [1.807, 2.05) is 19.9 Å². The number of hydrogen-bond donors (Lipinski definition) is 2. The fraction of sp³-hybridized carbons (Fsp3) is 0.290. The molecule has 0 radical (unpaired) electrons. The lowest BCUT2D eigenvalue weighted by Crippen LogP contribution is -2.49. The topological polar surface area (TPSA) is 114 Å². The van der Waals surface area contributed by atoms with Gasteiger partial charge in [-0.3, -0.25) is 14.2 Å². The first-order chi connectivity index (χ1) is 21.3. The van der Waals surface area contributed by atoms with Gasteiger partial charge in [0, 0.05) is 31.6 Å². The van der Waals surface area contributed by atoms with Gasteiger partial charge < -0.3 is 20.2 Å². The minimum atomic E-state index is -2.22. The third-order valence-corrected chi connectivity index (χ3v) is 8.25. The van der Waals surface area contributed by atoms with Gasteiger partial charge in [0.05, 0.1) is 33.7 Å². The Kier molecular flexibility index (Phi) is 8.37. The second-order valence-electron chi connectivity index (χ2n) is 11.0. The lowest BCUT2D eigenvalue weighted by Gasteiger charge is -2.37. The lowest BCUT2D eigenvalue weighted by molar-refractivity contribution is -0.126. The van der Waals surface area contributed by atoms with Crippen LogP contribution in [-0.2, 0) is 4.79 Å². The Labute approximate surface area is 259 Å². The highest BCUT2D eigenvalue weighted by molar-refractivity contribution is 6.34. The molecule has 2 N–H and O–H groups in total. The molecular formula is C31H27ClF4N6O3. The molecule has 45 heavy (non-hydrogen) atoms. The van der Waals surface area contributed by atoms with Crippen LogP contribution in [0, 0.1) is 40.5 Å². The number of amides is 1. The average molecular weight is 643 g/mol. The molecule has 1 atom stereocenters. The maximum Gasteiger partial charge on any atom is 0.276 e. The van der Waals surface area contributed by atoms with Crippen molar-refractivity contribution in [2.45, 2.75) is 26.8 Å². The van der Waals surface area contributed by atoms with E-state index in [0.717, 1.165) is 4.57 Å². The third-order valence-electron chi connectivity index (χ3n) is 7.96. The smallest absolute Gasteiger partial charge is 0.276 e. The molecule has 5 rings (SSSR count). The van der Waals surface area contributed by atoms with Gasteiger partial charge >= 0.3 is 0 Å². The summed E-state index contributed by atoms with van der Waals surface area (Å²) in [6.07, 6.45) is 4.59. The summed E-state index contributed by atoms with van der Waals surface area (Å²) in [5.41, 5.74) is -1.87. The Morgan fingerprint density at radius 2 is 1.82 bits per heavy atom. The number of anilines is 1. The van der Waals surface area contributed by atoms with Gasteiger partial charge in [0.15, 0.2) is 17.4 Å². The highest BCUT2D eigenvalue weighted by Crippen LogP contribution is 2.42. The zero-order valence-electron chi connectivity index (χ0n) is 24.4. The number of aromatic nitrogens is 2. The van der Waals surface area contributed by atoms with Crippen molar-refractivity contribution in [3.05, 3.63) is 80.8 Å². The predicted molar refractivity (Wildman–Crippen MR) is 161 cm³/mol. The van der Waals surface area contributed by atoms with Crippen molar-refractivity contribution in [2.75, 3.05) is 31.1 Å². The number of allylic oxidation sites excluding steroid dienone is 2. The summed E-state index contributed by atoms with van der Waals surface area (Å²) in [6, 6.07) is 2.77. The molecule has 4 heterocycles. The average Bonchev–Trinajstić information content (AvgIpc) is 3.02. The number of halogens is 5. The number of carbonyl (C=O) groups is 1. The Morgan fingerprint density at radius 1 is 1.18 bits per heavy atom. The number of fused-ring (bicyclic) bond motifs is 1. The SMILES string of the molecule is C=CC(=O)N1CCN(c2c(C#N)c(=O)n(C3=C(C)C=CNC3C(C)C)c3nc(-c4c(O)c(F)c(F)c(F)c4F)c(Cl)cc23)CC1. The number of nitrogens with zero attached hydrogens (tertiary/aromatic N) is 5. The van der Waals surface area contributed by atoms with Gasteiger partial charge in [-0.15, -0.1) is 0 Å². The van der Waals surface area contributed by atoms with Crippen molar-refractivity contribution in [1.82, 2.24) is 19.8 Å². The number of pyridine rings is 2. The second kappa shape index (κ2) is 11.9. The second-order valence-corrected chi connectivity index (χ2v) is 11.4. The number of dihydropyridines is 1. The van der Waals surface area contributed by atoms with Gasteiger partial charge in [0.1, 0.15) is 17.3 Å². The molecule has 234 valence electrons. The number of nitriles is 1. The van der Waals surface area contributed by atoms with Gasteiger partial charge in [-0.05, 0) is 42.8 Å². The van der Waals surface area contributed by atoms with E-state index in [1.54, 1.807) is 29.0 Å². The van der Waals surface area contributed by atoms with Crippen molar-refractivity contribution < 1.29 is 27.5 Å². The number of phenols is 1. The van der Waals surface area contributed by atoms with Crippen molar-refractivity contribution in [3.8, 4) is 23.1 Å². The Morgan fingerprint density at radius 3 is 2.42 bits per heavy atom. The summed E-state index contributed by atoms with van der Waals surface area (Å²) in [7, 11) is 0. The Balaban J connectivity index is 1.90. The molecule has 1 unspecified atom stereocenters. The van der Waals surface area contributed by atoms with E-state index < -0.39 is 56.9 Å². The van der Waals surface area contributed by atoms with Crippen LogP contribution in [0.1, 0.15) is 26.3 Å². The van der Waals surface area contributed by atoms with Crippen LogP contribution in [0.15, 0.2) is 41.4 Å². The highest BCUT2D eigenvalue weighted by Gasteiger charge is 2.33. The van der Waals surface area contributed by atoms with Gasteiger partial charge in [0.2, 0.25) is 17.5 Å². The van der Waals surface area contributed by atoms with E-state index >= 15 is 4.39 Å². The molecule has 14 heteroatoms. The van der Waals surface area contributed by atoms with Crippen LogP contribution in [0.2, 0.25) is 5.02 Å². The molecule has 2 aliphatic heterocycles. The maximum atomic E-state index is 15.1. The molecule has 1 saturated heterocycles. The van der Waals surface area contributed by atoms with E-state index in [2.05, 4.69) is 16.9 Å². The fourth-order valence-electron chi connectivity index (χ4n) is 5.72. The lowest BCUT2D eigenvalue weighted by atomic mass is 9.94. The van der Waals surface area contributed by atoms with Crippen molar-refractivity contribution in [3.63, 3.8) is 0 Å². The zero-order chi connectivity index (χ0) is 32.9. The van der Waals surface area contributed by atoms with Gasteiger partial charge in [-0.2, -0.15) is 9.65 Å². The van der Waals surface area contributed by atoms with Gasteiger partial charge in [-0.25, -0.2) is 18.2 Å². The van der Waals surface area contributed by atoms with E-state index in [1.165, 1.54) is 12.1 Å². The molecule has 1 amide bonds. The number of hydrogen-bond acceptors (Lipinski definition) is 7. The Hall–Kier alpha value is -4.83. The summed E-state index contributed by atoms with van der Waals surface area (Å²) in [5.74, 6) is -10.4. The first kappa shape index (κ1) is 31.6. The van der Waals surface area contributed by atoms with Crippen LogP contribution < -0.4 is 15.8 Å². The maximum absolute atomic E-state index is 15.1. The number of phenolic OH excluding ortho intramolecular Hbond substituents is 1. The summed E-state index contributed by atoms with van der Waals surface area (Å²) in [5, 5.41) is 23.6. The molecule has 1 aromatic carbocycles. The molecular weight excluding hydrogens is 616 g/mol. The van der Waals surface area contributed by atoms with Crippen LogP contribution in [0.3, 0.4) is 0 Å². The molecule has 2 aliphatic rings. The third kappa shape index (κ3) is 5.08. The van der Waals surface area contributed by atoms with E-state index in [9.17, 15) is 33.1 Å². The first-order valence-electron chi connectivity index (χ1n) is 13.9. The molecule has 0 bridgehead atoms. The van der Waals surface area contributed by atoms with Crippen molar-refractivity contribution in [1.29, 1.82) is 5.26 Å². The monoisotopic (exact) mass is 642 g/mol. The van der Waals surface area contributed by atoms with E-state index in [4.69, 9.17) is 11.6 Å². The normalized spacial score (nSPS) is 16.8. The molecule has 2 aromatic heterocycles. The molecule has 3 aromatic rings. The standard InChI is InChI=1S/C31H27ClF4N6O3/c1-5-19(43)40-8-10-41(11-9-40)28-16-12-18(32)26(20-21(33)22(34)23(35)24(36)29(20)44)39-30(16)42(31(45)17(28)13-37)27-15(4)6-7-38-25(27)14(2)3/h5-7,12,14,25,38,44H,1,8-11H2,2-4H3. The predicted octanol–water partition coefficient (Wildman–Crippen LogP) is 5.06. The van der Waals surface area contributed by atoms with Crippen LogP contribution >= 0.6 is 11.6 Å². The molecule has 1 fully saturated rings. The van der Waals surface area contributed by atoms with Crippen LogP contribution in [0.25, 0.3) is 28.0 Å². The minimum Gasteiger partial charge on any atom is -0.504 e. The molecule has 0 saturated carbocycles. The van der Waals surface area contributed by atoms with Gasteiger partial charge in [0.25, 0.3) is 5.56 Å². The van der Waals surface area contributed by atoms with Crippen molar-refractivity contribution in [2.24, 2.45) is 5.92 Å². The number of rotatable bonds is 5. The number of carbonyl (C=O) groups excluding carboxylic acids is 1.